The van der Waals surface area contributed by atoms with Gasteiger partial charge in [0, 0.05) is 17.2 Å². The Hall–Kier alpha value is -3.31. The number of nitrogens with zero attached hydrogens (tertiary/aromatic N) is 1. The molecule has 0 atom stereocenters. The SMILES string of the molecule is CON1C=C(c2ccccc2)OC(c2ccc(/C=C\C(=O)O)cc2)=C1. The quantitative estimate of drug-likeness (QED) is 0.838. The van der Waals surface area contributed by atoms with Crippen LogP contribution in [0.4, 0.5) is 0 Å². The highest BCUT2D eigenvalue weighted by Crippen LogP contribution is 2.30. The number of aliphatic carboxylic acids is 1. The first-order valence-corrected chi connectivity index (χ1v) is 7.66. The van der Waals surface area contributed by atoms with Gasteiger partial charge in [0.2, 0.25) is 0 Å². The molecule has 126 valence electrons. The molecule has 1 heterocycles. The van der Waals surface area contributed by atoms with Gasteiger partial charge in [-0.3, -0.25) is 4.84 Å². The van der Waals surface area contributed by atoms with Crippen molar-refractivity contribution in [3.63, 3.8) is 0 Å². The van der Waals surface area contributed by atoms with Crippen LogP contribution in [0, 0.1) is 0 Å². The van der Waals surface area contributed by atoms with E-state index in [-0.39, 0.29) is 0 Å². The van der Waals surface area contributed by atoms with Crippen LogP contribution in [0.1, 0.15) is 16.7 Å². The van der Waals surface area contributed by atoms with Crippen LogP contribution in [0.5, 0.6) is 0 Å². The van der Waals surface area contributed by atoms with E-state index in [4.69, 9.17) is 14.7 Å². The summed E-state index contributed by atoms with van der Waals surface area (Å²) in [5, 5.41) is 10.3. The lowest BCUT2D eigenvalue weighted by Crippen LogP contribution is -2.14. The topological polar surface area (TPSA) is 59.0 Å². The summed E-state index contributed by atoms with van der Waals surface area (Å²) in [4.78, 5) is 15.9. The lowest BCUT2D eigenvalue weighted by Gasteiger charge is -2.24. The van der Waals surface area contributed by atoms with Crippen molar-refractivity contribution in [3.8, 4) is 0 Å². The molecule has 0 radical (unpaired) electrons. The van der Waals surface area contributed by atoms with Gasteiger partial charge in [0.1, 0.15) is 0 Å². The van der Waals surface area contributed by atoms with E-state index in [1.807, 2.05) is 54.6 Å². The predicted octanol–water partition coefficient (Wildman–Crippen LogP) is 3.98. The maximum atomic E-state index is 10.6. The third kappa shape index (κ3) is 4.16. The van der Waals surface area contributed by atoms with Crippen LogP contribution in [-0.2, 0) is 14.4 Å². The normalized spacial score (nSPS) is 14.0. The second-order valence-electron chi connectivity index (χ2n) is 5.29. The van der Waals surface area contributed by atoms with Crippen LogP contribution < -0.4 is 0 Å². The molecule has 0 spiro atoms. The Balaban J connectivity index is 1.84. The molecule has 0 amide bonds. The second-order valence-corrected chi connectivity index (χ2v) is 5.29. The number of carboxylic acid groups (broad SMARTS) is 1. The van der Waals surface area contributed by atoms with Crippen molar-refractivity contribution in [3.05, 3.63) is 89.8 Å². The summed E-state index contributed by atoms with van der Waals surface area (Å²) in [5.41, 5.74) is 2.59. The standard InChI is InChI=1S/C20H17NO4/c1-24-21-13-18(16-5-3-2-4-6-16)25-19(14-21)17-10-7-15(8-11-17)9-12-20(22)23/h2-14H,1H3,(H,22,23)/b12-9-. The highest BCUT2D eigenvalue weighted by atomic mass is 16.7. The largest absolute Gasteiger partial charge is 0.478 e. The first-order chi connectivity index (χ1) is 12.2. The van der Waals surface area contributed by atoms with Crippen LogP contribution in [0.15, 0.2) is 73.1 Å². The van der Waals surface area contributed by atoms with E-state index in [0.717, 1.165) is 22.8 Å². The maximum Gasteiger partial charge on any atom is 0.328 e. The molecule has 1 N–H and O–H groups in total. The van der Waals surface area contributed by atoms with E-state index in [2.05, 4.69) is 0 Å². The molecule has 0 aliphatic carbocycles. The van der Waals surface area contributed by atoms with Gasteiger partial charge < -0.3 is 9.84 Å². The van der Waals surface area contributed by atoms with Crippen LogP contribution in [-0.4, -0.2) is 23.2 Å². The number of carboxylic acids is 1. The lowest BCUT2D eigenvalue weighted by atomic mass is 10.1. The van der Waals surface area contributed by atoms with Gasteiger partial charge in [-0.05, 0) is 11.6 Å². The molecular weight excluding hydrogens is 318 g/mol. The minimum atomic E-state index is -0.976. The Morgan fingerprint density at radius 1 is 1.00 bits per heavy atom. The lowest BCUT2D eigenvalue weighted by molar-refractivity contribution is -0.131. The molecule has 25 heavy (non-hydrogen) atoms. The van der Waals surface area contributed by atoms with Crippen molar-refractivity contribution in [2.75, 3.05) is 7.11 Å². The molecule has 1 aliphatic rings. The Labute approximate surface area is 145 Å². The fraction of sp³-hybridized carbons (Fsp3) is 0.0500. The van der Waals surface area contributed by atoms with E-state index in [9.17, 15) is 4.79 Å². The average molecular weight is 335 g/mol. The molecule has 2 aromatic rings. The predicted molar refractivity (Wildman–Crippen MR) is 95.4 cm³/mol. The van der Waals surface area contributed by atoms with Gasteiger partial charge in [-0.2, -0.15) is 0 Å². The van der Waals surface area contributed by atoms with Gasteiger partial charge in [0.05, 0.1) is 19.5 Å². The van der Waals surface area contributed by atoms with E-state index in [1.165, 1.54) is 0 Å². The van der Waals surface area contributed by atoms with Crippen molar-refractivity contribution < 1.29 is 19.5 Å². The third-order valence-electron chi connectivity index (χ3n) is 3.59. The smallest absolute Gasteiger partial charge is 0.328 e. The Kier molecular flexibility index (Phi) is 4.97. The molecular formula is C20H17NO4. The summed E-state index contributed by atoms with van der Waals surface area (Å²) in [6.45, 7) is 0. The average Bonchev–Trinajstić information content (AvgIpc) is 2.67. The van der Waals surface area contributed by atoms with Crippen molar-refractivity contribution >= 4 is 23.6 Å². The minimum absolute atomic E-state index is 0.636. The zero-order chi connectivity index (χ0) is 17.6. The van der Waals surface area contributed by atoms with E-state index in [1.54, 1.807) is 30.6 Å². The van der Waals surface area contributed by atoms with Crippen molar-refractivity contribution in [2.24, 2.45) is 0 Å². The van der Waals surface area contributed by atoms with Crippen molar-refractivity contribution in [1.29, 1.82) is 0 Å². The van der Waals surface area contributed by atoms with E-state index >= 15 is 0 Å². The molecule has 5 heteroatoms. The summed E-state index contributed by atoms with van der Waals surface area (Å²) in [6, 6.07) is 17.2. The molecule has 0 saturated carbocycles. The number of hydroxylamine groups is 2. The molecule has 3 rings (SSSR count). The Morgan fingerprint density at radius 3 is 2.16 bits per heavy atom. The molecule has 0 bridgehead atoms. The minimum Gasteiger partial charge on any atom is -0.478 e. The number of hydrogen-bond acceptors (Lipinski definition) is 4. The summed E-state index contributed by atoms with van der Waals surface area (Å²) < 4.78 is 6.02. The monoisotopic (exact) mass is 335 g/mol. The maximum absolute atomic E-state index is 10.6. The van der Waals surface area contributed by atoms with Gasteiger partial charge in [-0.25, -0.2) is 9.86 Å². The van der Waals surface area contributed by atoms with E-state index in [0.29, 0.717) is 11.5 Å². The van der Waals surface area contributed by atoms with Gasteiger partial charge >= 0.3 is 5.97 Å². The van der Waals surface area contributed by atoms with Crippen LogP contribution in [0.3, 0.4) is 0 Å². The van der Waals surface area contributed by atoms with Crippen LogP contribution >= 0.6 is 0 Å². The number of hydrogen-bond donors (Lipinski definition) is 1. The molecule has 0 saturated heterocycles. The highest BCUT2D eigenvalue weighted by molar-refractivity contribution is 5.85. The Morgan fingerprint density at radius 2 is 1.60 bits per heavy atom. The zero-order valence-corrected chi connectivity index (χ0v) is 13.6. The summed E-state index contributed by atoms with van der Waals surface area (Å²) in [5.74, 6) is 0.336. The fourth-order valence-corrected chi connectivity index (χ4v) is 2.34. The molecule has 1 aliphatic heterocycles. The number of ether oxygens (including phenoxy) is 1. The van der Waals surface area contributed by atoms with E-state index < -0.39 is 5.97 Å². The number of rotatable bonds is 5. The molecule has 0 fully saturated rings. The summed E-state index contributed by atoms with van der Waals surface area (Å²) in [6.07, 6.45) is 6.16. The van der Waals surface area contributed by atoms with Crippen molar-refractivity contribution in [2.45, 2.75) is 0 Å². The molecule has 0 aromatic heterocycles. The zero-order valence-electron chi connectivity index (χ0n) is 13.6. The Bertz CT molecular complexity index is 836. The summed E-state index contributed by atoms with van der Waals surface area (Å²) in [7, 11) is 1.58. The molecule has 5 nitrogen and oxygen atoms in total. The number of benzene rings is 2. The fourth-order valence-electron chi connectivity index (χ4n) is 2.34. The van der Waals surface area contributed by atoms with Gasteiger partial charge in [0.25, 0.3) is 0 Å². The second kappa shape index (κ2) is 7.51. The third-order valence-corrected chi connectivity index (χ3v) is 3.59. The molecule has 0 unspecified atom stereocenters. The van der Waals surface area contributed by atoms with Crippen LogP contribution in [0.25, 0.3) is 17.6 Å². The molecule has 2 aromatic carbocycles. The van der Waals surface area contributed by atoms with Crippen LogP contribution in [0.2, 0.25) is 0 Å². The van der Waals surface area contributed by atoms with Gasteiger partial charge in [-0.15, -0.1) is 0 Å². The number of carbonyl (C=O) groups is 1. The summed E-state index contributed by atoms with van der Waals surface area (Å²) >= 11 is 0. The first-order valence-electron chi connectivity index (χ1n) is 7.66. The van der Waals surface area contributed by atoms with Gasteiger partial charge in [0.15, 0.2) is 11.5 Å². The highest BCUT2D eigenvalue weighted by Gasteiger charge is 2.16. The van der Waals surface area contributed by atoms with Crippen molar-refractivity contribution in [1.82, 2.24) is 5.06 Å². The van der Waals surface area contributed by atoms with Gasteiger partial charge in [-0.1, -0.05) is 54.6 Å². The first kappa shape index (κ1) is 16.5.